The Morgan fingerprint density at radius 3 is 2.19 bits per heavy atom. The van der Waals surface area contributed by atoms with Crippen molar-refractivity contribution in [3.8, 4) is 11.5 Å². The number of anilines is 3. The molecule has 0 atom stereocenters. The van der Waals surface area contributed by atoms with Crippen LogP contribution in [0.4, 0.5) is 21.9 Å². The van der Waals surface area contributed by atoms with Crippen molar-refractivity contribution in [2.75, 3.05) is 35.7 Å². The maximum atomic E-state index is 13.0. The second-order valence-corrected chi connectivity index (χ2v) is 9.03. The SMILES string of the molecule is COc1cc(NC(=O)Nc2ccc3c(c2)CCN3S(=O)(=O)c2ccccc2)cc(OC)c1. The van der Waals surface area contributed by atoms with Crippen LogP contribution in [0.3, 0.4) is 0 Å². The van der Waals surface area contributed by atoms with Gasteiger partial charge in [0.1, 0.15) is 11.5 Å². The molecule has 2 N–H and O–H groups in total. The predicted octanol–water partition coefficient (Wildman–Crippen LogP) is 4.10. The molecule has 3 aromatic carbocycles. The number of fused-ring (bicyclic) bond motifs is 1. The Morgan fingerprint density at radius 1 is 0.875 bits per heavy atom. The molecular formula is C23H23N3O5S. The first kappa shape index (κ1) is 21.5. The van der Waals surface area contributed by atoms with Crippen LogP contribution in [0.5, 0.6) is 11.5 Å². The van der Waals surface area contributed by atoms with Crippen LogP contribution in [0.15, 0.2) is 71.6 Å². The van der Waals surface area contributed by atoms with Gasteiger partial charge in [-0.25, -0.2) is 13.2 Å². The van der Waals surface area contributed by atoms with E-state index < -0.39 is 16.1 Å². The van der Waals surface area contributed by atoms with E-state index in [1.165, 1.54) is 18.5 Å². The molecule has 8 nitrogen and oxygen atoms in total. The number of hydrogen-bond donors (Lipinski definition) is 2. The van der Waals surface area contributed by atoms with Crippen molar-refractivity contribution in [2.24, 2.45) is 0 Å². The molecule has 1 heterocycles. The van der Waals surface area contributed by atoms with Crippen molar-refractivity contribution < 1.29 is 22.7 Å². The molecule has 3 aromatic rings. The van der Waals surface area contributed by atoms with Gasteiger partial charge >= 0.3 is 6.03 Å². The van der Waals surface area contributed by atoms with Crippen LogP contribution in [0.25, 0.3) is 0 Å². The fourth-order valence-electron chi connectivity index (χ4n) is 3.59. The molecule has 1 aliphatic rings. The maximum Gasteiger partial charge on any atom is 0.323 e. The number of nitrogens with zero attached hydrogens (tertiary/aromatic N) is 1. The fourth-order valence-corrected chi connectivity index (χ4v) is 5.12. The van der Waals surface area contributed by atoms with Crippen molar-refractivity contribution in [1.29, 1.82) is 0 Å². The Hall–Kier alpha value is -3.72. The Morgan fingerprint density at radius 2 is 1.53 bits per heavy atom. The molecule has 166 valence electrons. The minimum absolute atomic E-state index is 0.253. The fraction of sp³-hybridized carbons (Fsp3) is 0.174. The quantitative estimate of drug-likeness (QED) is 0.586. The third kappa shape index (κ3) is 4.33. The summed E-state index contributed by atoms with van der Waals surface area (Å²) in [5.74, 6) is 1.11. The Balaban J connectivity index is 1.49. The highest BCUT2D eigenvalue weighted by Gasteiger charge is 2.30. The first-order valence-electron chi connectivity index (χ1n) is 9.92. The predicted molar refractivity (Wildman–Crippen MR) is 123 cm³/mol. The summed E-state index contributed by atoms with van der Waals surface area (Å²) >= 11 is 0. The number of amides is 2. The second kappa shape index (κ2) is 8.80. The Kier molecular flexibility index (Phi) is 5.91. The number of carbonyl (C=O) groups is 1. The van der Waals surface area contributed by atoms with Crippen LogP contribution >= 0.6 is 0 Å². The van der Waals surface area contributed by atoms with Crippen LogP contribution in [0.2, 0.25) is 0 Å². The van der Waals surface area contributed by atoms with E-state index in [1.54, 1.807) is 66.7 Å². The highest BCUT2D eigenvalue weighted by Crippen LogP contribution is 2.34. The molecule has 2 amide bonds. The zero-order valence-electron chi connectivity index (χ0n) is 17.7. The molecule has 0 saturated carbocycles. The van der Waals surface area contributed by atoms with Crippen LogP contribution in [0, 0.1) is 0 Å². The first-order chi connectivity index (χ1) is 15.4. The van der Waals surface area contributed by atoms with Gasteiger partial charge in [-0.05, 0) is 42.3 Å². The highest BCUT2D eigenvalue weighted by atomic mass is 32.2. The smallest absolute Gasteiger partial charge is 0.323 e. The number of rotatable bonds is 6. The van der Waals surface area contributed by atoms with Crippen LogP contribution < -0.4 is 24.4 Å². The molecule has 4 rings (SSSR count). The van der Waals surface area contributed by atoms with Crippen molar-refractivity contribution in [3.05, 3.63) is 72.3 Å². The van der Waals surface area contributed by atoms with Gasteiger partial charge in [-0.1, -0.05) is 18.2 Å². The van der Waals surface area contributed by atoms with E-state index in [1.807, 2.05) is 0 Å². The third-order valence-corrected chi connectivity index (χ3v) is 6.96. The van der Waals surface area contributed by atoms with E-state index in [2.05, 4.69) is 10.6 Å². The molecule has 0 radical (unpaired) electrons. The molecule has 0 aromatic heterocycles. The number of carbonyl (C=O) groups excluding carboxylic acids is 1. The standard InChI is InChI=1S/C23H23N3O5S/c1-30-19-13-18(14-20(15-19)31-2)25-23(27)24-17-8-9-22-16(12-17)10-11-26(22)32(28,29)21-6-4-3-5-7-21/h3-9,12-15H,10-11H2,1-2H3,(H2,24,25,27). The normalized spacial score (nSPS) is 12.8. The number of hydrogen-bond acceptors (Lipinski definition) is 5. The van der Waals surface area contributed by atoms with E-state index in [-0.39, 0.29) is 4.90 Å². The Bertz CT molecular complexity index is 1220. The summed E-state index contributed by atoms with van der Waals surface area (Å²) < 4.78 is 37.8. The topological polar surface area (TPSA) is 97.0 Å². The van der Waals surface area contributed by atoms with Crippen LogP contribution in [-0.2, 0) is 16.4 Å². The molecule has 0 spiro atoms. The van der Waals surface area contributed by atoms with Crippen LogP contribution in [-0.4, -0.2) is 35.2 Å². The second-order valence-electron chi connectivity index (χ2n) is 7.16. The number of methoxy groups -OCH3 is 2. The Labute approximate surface area is 186 Å². The molecule has 32 heavy (non-hydrogen) atoms. The van der Waals surface area contributed by atoms with Gasteiger partial charge in [-0.3, -0.25) is 4.31 Å². The number of benzene rings is 3. The summed E-state index contributed by atoms with van der Waals surface area (Å²) in [6, 6.07) is 18.2. The average Bonchev–Trinajstić information content (AvgIpc) is 3.23. The van der Waals surface area contributed by atoms with Crippen molar-refractivity contribution in [3.63, 3.8) is 0 Å². The van der Waals surface area contributed by atoms with Gasteiger partial charge in [0.05, 0.1) is 24.8 Å². The summed E-state index contributed by atoms with van der Waals surface area (Å²) in [7, 11) is -0.568. The highest BCUT2D eigenvalue weighted by molar-refractivity contribution is 7.92. The number of sulfonamides is 1. The number of nitrogens with one attached hydrogen (secondary N) is 2. The summed E-state index contributed by atoms with van der Waals surface area (Å²) in [5, 5.41) is 5.53. The summed E-state index contributed by atoms with van der Waals surface area (Å²) in [6.07, 6.45) is 0.561. The van der Waals surface area contributed by atoms with E-state index in [0.29, 0.717) is 41.5 Å². The average molecular weight is 454 g/mol. The van der Waals surface area contributed by atoms with Gasteiger partial charge in [0.15, 0.2) is 0 Å². The summed E-state index contributed by atoms with van der Waals surface area (Å²) in [5.41, 5.74) is 2.55. The monoisotopic (exact) mass is 453 g/mol. The summed E-state index contributed by atoms with van der Waals surface area (Å²) in [6.45, 7) is 0.353. The van der Waals surface area contributed by atoms with Crippen molar-refractivity contribution in [2.45, 2.75) is 11.3 Å². The minimum atomic E-state index is -3.63. The number of urea groups is 1. The zero-order chi connectivity index (χ0) is 22.7. The zero-order valence-corrected chi connectivity index (χ0v) is 18.5. The minimum Gasteiger partial charge on any atom is -0.497 e. The van der Waals surface area contributed by atoms with Gasteiger partial charge in [-0.2, -0.15) is 0 Å². The lowest BCUT2D eigenvalue weighted by molar-refractivity contribution is 0.262. The van der Waals surface area contributed by atoms with Gasteiger partial charge in [0, 0.05) is 36.1 Å². The van der Waals surface area contributed by atoms with E-state index in [4.69, 9.17) is 9.47 Å². The molecule has 1 aliphatic heterocycles. The molecule has 0 fully saturated rings. The largest absolute Gasteiger partial charge is 0.497 e. The van der Waals surface area contributed by atoms with Crippen molar-refractivity contribution in [1.82, 2.24) is 0 Å². The van der Waals surface area contributed by atoms with E-state index in [9.17, 15) is 13.2 Å². The number of ether oxygens (including phenoxy) is 2. The van der Waals surface area contributed by atoms with Gasteiger partial charge < -0.3 is 20.1 Å². The lowest BCUT2D eigenvalue weighted by Gasteiger charge is -2.19. The van der Waals surface area contributed by atoms with Crippen molar-refractivity contribution >= 4 is 33.1 Å². The molecular weight excluding hydrogens is 430 g/mol. The molecule has 9 heteroatoms. The molecule has 0 aliphatic carbocycles. The lowest BCUT2D eigenvalue weighted by Crippen LogP contribution is -2.29. The van der Waals surface area contributed by atoms with Gasteiger partial charge in [0.2, 0.25) is 0 Å². The first-order valence-corrected chi connectivity index (χ1v) is 11.4. The van der Waals surface area contributed by atoms with E-state index in [0.717, 1.165) is 5.56 Å². The summed E-state index contributed by atoms with van der Waals surface area (Å²) in [4.78, 5) is 12.7. The molecule has 0 unspecified atom stereocenters. The van der Waals surface area contributed by atoms with Gasteiger partial charge in [-0.15, -0.1) is 0 Å². The maximum absolute atomic E-state index is 13.0. The third-order valence-electron chi connectivity index (χ3n) is 5.13. The van der Waals surface area contributed by atoms with Crippen LogP contribution in [0.1, 0.15) is 5.56 Å². The van der Waals surface area contributed by atoms with E-state index >= 15 is 0 Å². The van der Waals surface area contributed by atoms with Gasteiger partial charge in [0.25, 0.3) is 10.0 Å². The molecule has 0 saturated heterocycles. The lowest BCUT2D eigenvalue weighted by atomic mass is 10.1. The molecule has 0 bridgehead atoms.